The SMILES string of the molecule is COc1cc(O)c(C2(CN)CCCC2)cc1C. The lowest BCUT2D eigenvalue weighted by Crippen LogP contribution is -2.32. The van der Waals surface area contributed by atoms with Crippen LogP contribution in [0.5, 0.6) is 11.5 Å². The zero-order chi connectivity index (χ0) is 12.5. The molecule has 1 aliphatic rings. The number of nitrogens with two attached hydrogens (primary N) is 1. The van der Waals surface area contributed by atoms with Crippen molar-refractivity contribution in [1.29, 1.82) is 0 Å². The van der Waals surface area contributed by atoms with Gasteiger partial charge >= 0.3 is 0 Å². The van der Waals surface area contributed by atoms with E-state index in [9.17, 15) is 5.11 Å². The summed E-state index contributed by atoms with van der Waals surface area (Å²) in [6, 6.07) is 3.74. The van der Waals surface area contributed by atoms with E-state index < -0.39 is 0 Å². The van der Waals surface area contributed by atoms with Crippen molar-refractivity contribution < 1.29 is 9.84 Å². The first kappa shape index (κ1) is 12.2. The molecule has 0 aliphatic heterocycles. The molecule has 0 atom stereocenters. The highest BCUT2D eigenvalue weighted by Gasteiger charge is 2.36. The summed E-state index contributed by atoms with van der Waals surface area (Å²) in [5, 5.41) is 10.2. The molecule has 2 rings (SSSR count). The Morgan fingerprint density at radius 3 is 2.53 bits per heavy atom. The van der Waals surface area contributed by atoms with Crippen molar-refractivity contribution in [3.8, 4) is 11.5 Å². The Balaban J connectivity index is 2.47. The number of aryl methyl sites for hydroxylation is 1. The fourth-order valence-corrected chi connectivity index (χ4v) is 2.96. The van der Waals surface area contributed by atoms with Gasteiger partial charge in [-0.1, -0.05) is 12.8 Å². The number of ether oxygens (including phenoxy) is 1. The molecule has 1 fully saturated rings. The first-order valence-electron chi connectivity index (χ1n) is 6.21. The molecule has 0 radical (unpaired) electrons. The van der Waals surface area contributed by atoms with Crippen molar-refractivity contribution in [2.75, 3.05) is 13.7 Å². The molecule has 3 nitrogen and oxygen atoms in total. The molecule has 0 heterocycles. The molecule has 0 unspecified atom stereocenters. The predicted molar refractivity (Wildman–Crippen MR) is 68.6 cm³/mol. The average Bonchev–Trinajstić information content (AvgIpc) is 2.81. The van der Waals surface area contributed by atoms with Gasteiger partial charge in [-0.3, -0.25) is 0 Å². The smallest absolute Gasteiger partial charge is 0.125 e. The highest BCUT2D eigenvalue weighted by atomic mass is 16.5. The van der Waals surface area contributed by atoms with Crippen molar-refractivity contribution in [2.45, 2.75) is 38.0 Å². The van der Waals surface area contributed by atoms with Crippen molar-refractivity contribution in [3.63, 3.8) is 0 Å². The van der Waals surface area contributed by atoms with E-state index in [1.165, 1.54) is 12.8 Å². The number of phenolic OH excluding ortho intramolecular Hbond substituents is 1. The Morgan fingerprint density at radius 2 is 2.00 bits per heavy atom. The summed E-state index contributed by atoms with van der Waals surface area (Å²) in [6.07, 6.45) is 4.54. The predicted octanol–water partition coefficient (Wildman–Crippen LogP) is 2.48. The molecular formula is C14H21NO2. The summed E-state index contributed by atoms with van der Waals surface area (Å²) in [4.78, 5) is 0. The van der Waals surface area contributed by atoms with Gasteiger partial charge in [0.25, 0.3) is 0 Å². The lowest BCUT2D eigenvalue weighted by Gasteiger charge is -2.29. The molecule has 0 spiro atoms. The van der Waals surface area contributed by atoms with E-state index in [1.807, 2.05) is 13.0 Å². The molecule has 1 aromatic carbocycles. The third kappa shape index (κ3) is 2.00. The molecule has 0 saturated heterocycles. The second kappa shape index (κ2) is 4.57. The Kier molecular flexibility index (Phi) is 3.29. The van der Waals surface area contributed by atoms with Crippen LogP contribution in [0.1, 0.15) is 36.8 Å². The molecule has 1 aliphatic carbocycles. The maximum Gasteiger partial charge on any atom is 0.125 e. The Bertz CT molecular complexity index is 409. The molecule has 1 saturated carbocycles. The number of hydrogen-bond donors (Lipinski definition) is 2. The van der Waals surface area contributed by atoms with Gasteiger partial charge in [0.05, 0.1) is 7.11 Å². The maximum absolute atomic E-state index is 10.2. The quantitative estimate of drug-likeness (QED) is 0.846. The molecule has 0 bridgehead atoms. The van der Waals surface area contributed by atoms with Crippen LogP contribution < -0.4 is 10.5 Å². The molecule has 3 heteroatoms. The zero-order valence-electron chi connectivity index (χ0n) is 10.6. The lowest BCUT2D eigenvalue weighted by atomic mass is 9.78. The number of hydrogen-bond acceptors (Lipinski definition) is 3. The highest BCUT2D eigenvalue weighted by molar-refractivity contribution is 5.49. The second-order valence-corrected chi connectivity index (χ2v) is 5.03. The number of methoxy groups -OCH3 is 1. The van der Waals surface area contributed by atoms with Crippen LogP contribution in [0.15, 0.2) is 12.1 Å². The molecule has 94 valence electrons. The van der Waals surface area contributed by atoms with E-state index in [2.05, 4.69) is 0 Å². The first-order valence-corrected chi connectivity index (χ1v) is 6.21. The standard InChI is InChI=1S/C14H21NO2/c1-10-7-11(12(16)8-13(10)17-2)14(9-15)5-3-4-6-14/h7-8,16H,3-6,9,15H2,1-2H3. The molecule has 1 aromatic rings. The number of aromatic hydroxyl groups is 1. The minimum atomic E-state index is -0.0267. The third-order valence-electron chi connectivity index (χ3n) is 4.04. The summed E-state index contributed by atoms with van der Waals surface area (Å²) < 4.78 is 5.22. The van der Waals surface area contributed by atoms with Gasteiger partial charge in [0, 0.05) is 23.6 Å². The minimum absolute atomic E-state index is 0.0267. The van der Waals surface area contributed by atoms with Gasteiger partial charge in [-0.05, 0) is 31.4 Å². The summed E-state index contributed by atoms with van der Waals surface area (Å²) in [7, 11) is 1.62. The summed E-state index contributed by atoms with van der Waals surface area (Å²) in [6.45, 7) is 2.60. The van der Waals surface area contributed by atoms with Crippen LogP contribution in [0, 0.1) is 6.92 Å². The molecular weight excluding hydrogens is 214 g/mol. The Hall–Kier alpha value is -1.22. The summed E-state index contributed by atoms with van der Waals surface area (Å²) in [5.74, 6) is 1.05. The van der Waals surface area contributed by atoms with Crippen LogP contribution in [-0.2, 0) is 5.41 Å². The van der Waals surface area contributed by atoms with Crippen molar-refractivity contribution in [2.24, 2.45) is 5.73 Å². The first-order chi connectivity index (χ1) is 8.13. The molecule has 0 amide bonds. The van der Waals surface area contributed by atoms with Crippen molar-refractivity contribution in [3.05, 3.63) is 23.3 Å². The van der Waals surface area contributed by atoms with Crippen LogP contribution in [0.2, 0.25) is 0 Å². The van der Waals surface area contributed by atoms with E-state index >= 15 is 0 Å². The number of benzene rings is 1. The normalized spacial score (nSPS) is 18.3. The molecule has 3 N–H and O–H groups in total. The Labute approximate surface area is 103 Å². The lowest BCUT2D eigenvalue weighted by molar-refractivity contribution is 0.387. The topological polar surface area (TPSA) is 55.5 Å². The Morgan fingerprint density at radius 1 is 1.35 bits per heavy atom. The van der Waals surface area contributed by atoms with Crippen molar-refractivity contribution >= 4 is 0 Å². The highest BCUT2D eigenvalue weighted by Crippen LogP contribution is 2.45. The monoisotopic (exact) mass is 235 g/mol. The fourth-order valence-electron chi connectivity index (χ4n) is 2.96. The van der Waals surface area contributed by atoms with Crippen LogP contribution in [0.4, 0.5) is 0 Å². The van der Waals surface area contributed by atoms with Gasteiger partial charge in [0.2, 0.25) is 0 Å². The van der Waals surface area contributed by atoms with Gasteiger partial charge in [0.15, 0.2) is 0 Å². The average molecular weight is 235 g/mol. The van der Waals surface area contributed by atoms with Crippen LogP contribution >= 0.6 is 0 Å². The summed E-state index contributed by atoms with van der Waals surface area (Å²) in [5.41, 5.74) is 7.97. The van der Waals surface area contributed by atoms with Crippen LogP contribution in [0.3, 0.4) is 0 Å². The van der Waals surface area contributed by atoms with Gasteiger partial charge in [-0.2, -0.15) is 0 Å². The molecule has 17 heavy (non-hydrogen) atoms. The van der Waals surface area contributed by atoms with E-state index in [-0.39, 0.29) is 5.41 Å². The van der Waals surface area contributed by atoms with Gasteiger partial charge < -0.3 is 15.6 Å². The van der Waals surface area contributed by atoms with Crippen LogP contribution in [-0.4, -0.2) is 18.8 Å². The van der Waals surface area contributed by atoms with Crippen molar-refractivity contribution in [1.82, 2.24) is 0 Å². The van der Waals surface area contributed by atoms with Gasteiger partial charge in [-0.25, -0.2) is 0 Å². The van der Waals surface area contributed by atoms with Gasteiger partial charge in [0.1, 0.15) is 11.5 Å². The van der Waals surface area contributed by atoms with Crippen LogP contribution in [0.25, 0.3) is 0 Å². The summed E-state index contributed by atoms with van der Waals surface area (Å²) >= 11 is 0. The molecule has 0 aromatic heterocycles. The van der Waals surface area contributed by atoms with Gasteiger partial charge in [-0.15, -0.1) is 0 Å². The largest absolute Gasteiger partial charge is 0.508 e. The second-order valence-electron chi connectivity index (χ2n) is 5.03. The number of rotatable bonds is 3. The third-order valence-corrected chi connectivity index (χ3v) is 4.04. The van der Waals surface area contributed by atoms with E-state index in [0.29, 0.717) is 12.3 Å². The van der Waals surface area contributed by atoms with E-state index in [0.717, 1.165) is 29.7 Å². The van der Waals surface area contributed by atoms with E-state index in [4.69, 9.17) is 10.5 Å². The van der Waals surface area contributed by atoms with E-state index in [1.54, 1.807) is 13.2 Å². The maximum atomic E-state index is 10.2. The fraction of sp³-hybridized carbons (Fsp3) is 0.571. The zero-order valence-corrected chi connectivity index (χ0v) is 10.6. The number of phenols is 1. The minimum Gasteiger partial charge on any atom is -0.508 e.